The minimum atomic E-state index is -0.911. The van der Waals surface area contributed by atoms with Crippen molar-refractivity contribution in [1.82, 2.24) is 10.2 Å². The van der Waals surface area contributed by atoms with Crippen LogP contribution in [-0.2, 0) is 9.59 Å². The molecular weight excluding hydrogens is 228 g/mol. The molecule has 1 heterocycles. The Hall–Kier alpha value is -1.04. The van der Waals surface area contributed by atoms with Crippen molar-refractivity contribution in [2.24, 2.45) is 5.41 Å². The molecule has 2 aliphatic rings. The highest BCUT2D eigenvalue weighted by Gasteiger charge is 2.62. The van der Waals surface area contributed by atoms with Crippen molar-refractivity contribution < 1.29 is 14.4 Å². The van der Waals surface area contributed by atoms with Crippen molar-refractivity contribution in [1.29, 1.82) is 0 Å². The lowest BCUT2D eigenvalue weighted by Crippen LogP contribution is -2.60. The summed E-state index contributed by atoms with van der Waals surface area (Å²) in [5.41, 5.74) is -0.911. The summed E-state index contributed by atoms with van der Waals surface area (Å²) in [5.74, 6) is -0.738. The summed E-state index contributed by atoms with van der Waals surface area (Å²) >= 11 is 1.59. The minimum Gasteiger partial charge on any atom is -0.277 e. The van der Waals surface area contributed by atoms with Gasteiger partial charge in [0.15, 0.2) is 0 Å². The first kappa shape index (κ1) is 11.4. The first-order valence-electron chi connectivity index (χ1n) is 5.21. The molecular formula is C10H14N2O3S. The van der Waals surface area contributed by atoms with Gasteiger partial charge < -0.3 is 0 Å². The highest BCUT2D eigenvalue weighted by molar-refractivity contribution is 7.99. The van der Waals surface area contributed by atoms with Crippen molar-refractivity contribution >= 4 is 29.6 Å². The summed E-state index contributed by atoms with van der Waals surface area (Å²) in [7, 11) is 0. The van der Waals surface area contributed by atoms with Crippen molar-refractivity contribution in [2.75, 3.05) is 12.8 Å². The van der Waals surface area contributed by atoms with Gasteiger partial charge in [0.1, 0.15) is 5.41 Å². The van der Waals surface area contributed by atoms with Crippen LogP contribution >= 0.6 is 11.8 Å². The quantitative estimate of drug-likeness (QED) is 0.736. The molecule has 5 nitrogen and oxygen atoms in total. The number of nitrogens with one attached hydrogen (secondary N) is 1. The zero-order valence-electron chi connectivity index (χ0n) is 9.28. The molecule has 1 spiro atoms. The number of hydrogen-bond donors (Lipinski definition) is 1. The van der Waals surface area contributed by atoms with E-state index in [4.69, 9.17) is 0 Å². The maximum absolute atomic E-state index is 12.0. The Kier molecular flexibility index (Phi) is 2.69. The van der Waals surface area contributed by atoms with Crippen LogP contribution in [0.25, 0.3) is 0 Å². The second kappa shape index (κ2) is 3.76. The Morgan fingerprint density at radius 2 is 2.06 bits per heavy atom. The highest BCUT2D eigenvalue weighted by atomic mass is 32.2. The number of hydrogen-bond acceptors (Lipinski definition) is 4. The molecule has 4 amide bonds. The van der Waals surface area contributed by atoms with Crippen LogP contribution in [0.1, 0.15) is 19.8 Å². The summed E-state index contributed by atoms with van der Waals surface area (Å²) < 4.78 is 0. The Morgan fingerprint density at radius 1 is 1.44 bits per heavy atom. The van der Waals surface area contributed by atoms with Gasteiger partial charge in [0, 0.05) is 11.8 Å². The second-order valence-corrected chi connectivity index (χ2v) is 5.58. The zero-order valence-corrected chi connectivity index (χ0v) is 10.1. The maximum atomic E-state index is 12.0. The molecule has 0 bridgehead atoms. The third-order valence-corrected chi connectivity index (χ3v) is 4.10. The molecule has 1 unspecified atom stereocenters. The van der Waals surface area contributed by atoms with Crippen molar-refractivity contribution in [3.05, 3.63) is 0 Å². The van der Waals surface area contributed by atoms with Gasteiger partial charge in [0.2, 0.25) is 11.8 Å². The number of carbonyl (C=O) groups is 3. The summed E-state index contributed by atoms with van der Waals surface area (Å²) in [6.45, 7) is 2.31. The van der Waals surface area contributed by atoms with E-state index in [9.17, 15) is 14.4 Å². The average Bonchev–Trinajstić information content (AvgIpc) is 3.03. The van der Waals surface area contributed by atoms with E-state index in [1.165, 1.54) is 4.90 Å². The molecule has 2 rings (SSSR count). The Balaban J connectivity index is 2.15. The number of amides is 4. The molecule has 1 aliphatic carbocycles. The molecule has 1 aliphatic heterocycles. The summed E-state index contributed by atoms with van der Waals surface area (Å²) in [4.78, 5) is 36.3. The number of urea groups is 1. The van der Waals surface area contributed by atoms with Crippen molar-refractivity contribution in [2.45, 2.75) is 25.0 Å². The number of thioether (sulfide) groups is 1. The van der Waals surface area contributed by atoms with Gasteiger partial charge in [0.25, 0.3) is 0 Å². The number of carbonyl (C=O) groups excluding carboxylic acids is 3. The maximum Gasteiger partial charge on any atom is 0.330 e. The highest BCUT2D eigenvalue weighted by Crippen LogP contribution is 2.49. The standard InChI is InChI=1S/C10H14N2O3S/c1-6(16-2)5-12-8(14)10(3-4-10)7(13)11-9(12)15/h6H,3-5H2,1-2H3,(H,11,13,15). The fraction of sp³-hybridized carbons (Fsp3) is 0.700. The molecule has 1 N–H and O–H groups in total. The van der Waals surface area contributed by atoms with Crippen LogP contribution < -0.4 is 5.32 Å². The molecule has 88 valence electrons. The number of imide groups is 2. The van der Waals surface area contributed by atoms with Gasteiger partial charge in [-0.3, -0.25) is 19.8 Å². The van der Waals surface area contributed by atoms with E-state index >= 15 is 0 Å². The molecule has 0 aromatic rings. The van der Waals surface area contributed by atoms with Crippen LogP contribution in [0.15, 0.2) is 0 Å². The largest absolute Gasteiger partial charge is 0.330 e. The summed E-state index contributed by atoms with van der Waals surface area (Å²) in [6.07, 6.45) is 3.05. The predicted molar refractivity (Wildman–Crippen MR) is 59.9 cm³/mol. The van der Waals surface area contributed by atoms with E-state index in [-0.39, 0.29) is 11.2 Å². The fourth-order valence-corrected chi connectivity index (χ4v) is 2.09. The van der Waals surface area contributed by atoms with Crippen LogP contribution in [0.2, 0.25) is 0 Å². The lowest BCUT2D eigenvalue weighted by Gasteiger charge is -2.31. The zero-order chi connectivity index (χ0) is 11.9. The Labute approximate surface area is 97.9 Å². The predicted octanol–water partition coefficient (Wildman–Crippen LogP) is 0.596. The molecule has 0 radical (unpaired) electrons. The molecule has 2 fully saturated rings. The third kappa shape index (κ3) is 1.61. The molecule has 6 heteroatoms. The van der Waals surface area contributed by atoms with E-state index in [1.54, 1.807) is 11.8 Å². The third-order valence-electron chi connectivity index (χ3n) is 3.15. The van der Waals surface area contributed by atoms with E-state index in [0.717, 1.165) is 0 Å². The lowest BCUT2D eigenvalue weighted by molar-refractivity contribution is -0.144. The van der Waals surface area contributed by atoms with E-state index in [0.29, 0.717) is 19.4 Å². The first-order valence-corrected chi connectivity index (χ1v) is 6.50. The Morgan fingerprint density at radius 3 is 2.56 bits per heavy atom. The Bertz CT molecular complexity index is 365. The van der Waals surface area contributed by atoms with Gasteiger partial charge in [-0.2, -0.15) is 11.8 Å². The smallest absolute Gasteiger partial charge is 0.277 e. The molecule has 0 aromatic heterocycles. The molecule has 0 aromatic carbocycles. The molecule has 16 heavy (non-hydrogen) atoms. The number of nitrogens with zero attached hydrogens (tertiary/aromatic N) is 1. The molecule has 1 atom stereocenters. The molecule has 1 saturated heterocycles. The second-order valence-electron chi connectivity index (χ2n) is 4.30. The van der Waals surface area contributed by atoms with Gasteiger partial charge in [-0.15, -0.1) is 0 Å². The van der Waals surface area contributed by atoms with Crippen molar-refractivity contribution in [3.63, 3.8) is 0 Å². The number of rotatable bonds is 3. The first-order chi connectivity index (χ1) is 7.51. The van der Waals surface area contributed by atoms with Gasteiger partial charge in [-0.1, -0.05) is 6.92 Å². The minimum absolute atomic E-state index is 0.179. The van der Waals surface area contributed by atoms with Gasteiger partial charge in [-0.25, -0.2) is 4.79 Å². The topological polar surface area (TPSA) is 66.5 Å². The van der Waals surface area contributed by atoms with Crippen LogP contribution in [0.4, 0.5) is 4.79 Å². The summed E-state index contributed by atoms with van der Waals surface area (Å²) in [6, 6.07) is -0.576. The summed E-state index contributed by atoms with van der Waals surface area (Å²) in [5, 5.41) is 2.44. The van der Waals surface area contributed by atoms with Gasteiger partial charge >= 0.3 is 6.03 Å². The van der Waals surface area contributed by atoms with E-state index in [1.807, 2.05) is 13.2 Å². The van der Waals surface area contributed by atoms with E-state index in [2.05, 4.69) is 5.32 Å². The van der Waals surface area contributed by atoms with Crippen LogP contribution in [0, 0.1) is 5.41 Å². The molecule has 1 saturated carbocycles. The average molecular weight is 242 g/mol. The van der Waals surface area contributed by atoms with Crippen LogP contribution in [-0.4, -0.2) is 40.8 Å². The fourth-order valence-electron chi connectivity index (χ4n) is 1.80. The van der Waals surface area contributed by atoms with Crippen LogP contribution in [0.5, 0.6) is 0 Å². The van der Waals surface area contributed by atoms with Gasteiger partial charge in [-0.05, 0) is 19.1 Å². The SMILES string of the molecule is CSC(C)CN1C(=O)NC(=O)C2(CC2)C1=O. The lowest BCUT2D eigenvalue weighted by atomic mass is 10.0. The van der Waals surface area contributed by atoms with Crippen LogP contribution in [0.3, 0.4) is 0 Å². The van der Waals surface area contributed by atoms with E-state index < -0.39 is 17.4 Å². The van der Waals surface area contributed by atoms with Crippen molar-refractivity contribution in [3.8, 4) is 0 Å². The number of barbiturate groups is 1. The monoisotopic (exact) mass is 242 g/mol. The van der Waals surface area contributed by atoms with Gasteiger partial charge in [0.05, 0.1) is 0 Å². The normalized spacial score (nSPS) is 24.6.